The van der Waals surface area contributed by atoms with Crippen molar-refractivity contribution in [2.75, 3.05) is 6.54 Å². The van der Waals surface area contributed by atoms with Crippen molar-refractivity contribution < 1.29 is 20.2 Å². The lowest BCUT2D eigenvalue weighted by atomic mass is 10.1. The minimum atomic E-state index is -1.03. The zero-order chi connectivity index (χ0) is 11.0. The lowest BCUT2D eigenvalue weighted by Gasteiger charge is -2.12. The second-order valence-electron chi connectivity index (χ2n) is 3.22. The molecule has 4 N–H and O–H groups in total. The van der Waals surface area contributed by atoms with Crippen molar-refractivity contribution in [3.8, 4) is 0 Å². The van der Waals surface area contributed by atoms with Crippen LogP contribution >= 0.6 is 0 Å². The topological polar surface area (TPSA) is 97.9 Å². The Kier molecular flexibility index (Phi) is 10.2. The summed E-state index contributed by atoms with van der Waals surface area (Å²) < 4.78 is 0. The van der Waals surface area contributed by atoms with E-state index in [0.717, 1.165) is 19.3 Å². The molecule has 0 spiro atoms. The lowest BCUT2D eigenvalue weighted by molar-refractivity contribution is -0.138. The molecule has 15 heavy (non-hydrogen) atoms. The van der Waals surface area contributed by atoms with Gasteiger partial charge in [-0.25, -0.2) is 4.79 Å². The number of carboxylic acids is 1. The monoisotopic (exact) mass is 217 g/mol. The molecule has 0 aliphatic carbocycles. The van der Waals surface area contributed by atoms with Gasteiger partial charge in [-0.1, -0.05) is 19.8 Å². The van der Waals surface area contributed by atoms with E-state index in [2.05, 4.69) is 12.2 Å². The van der Waals surface area contributed by atoms with E-state index >= 15 is 0 Å². The first-order valence-corrected chi connectivity index (χ1v) is 4.81. The summed E-state index contributed by atoms with van der Waals surface area (Å²) in [5.41, 5.74) is 0.189. The largest absolute Gasteiger partial charge is 0.480 e. The summed E-state index contributed by atoms with van der Waals surface area (Å²) in [5, 5.41) is 11.6. The third-order valence-corrected chi connectivity index (χ3v) is 1.97. The molecule has 0 aliphatic heterocycles. The molecule has 0 aliphatic rings. The first-order valence-electron chi connectivity index (χ1n) is 4.81. The minimum Gasteiger partial charge on any atom is -0.480 e. The summed E-state index contributed by atoms with van der Waals surface area (Å²) in [6.45, 7) is 4.16. The van der Waals surface area contributed by atoms with Crippen molar-refractivity contribution in [3.63, 3.8) is 0 Å². The van der Waals surface area contributed by atoms with Crippen LogP contribution in [0.4, 0.5) is 0 Å². The van der Waals surface area contributed by atoms with Gasteiger partial charge in [-0.2, -0.15) is 0 Å². The summed E-state index contributed by atoms with van der Waals surface area (Å²) >= 11 is 0. The number of carboxylic acid groups (broad SMARTS) is 1. The van der Waals surface area contributed by atoms with Gasteiger partial charge in [-0.3, -0.25) is 4.79 Å². The molecule has 1 atom stereocenters. The Hall–Kier alpha value is -1.16. The van der Waals surface area contributed by atoms with E-state index in [-0.39, 0.29) is 11.0 Å². The van der Waals surface area contributed by atoms with Gasteiger partial charge in [0.1, 0.15) is 12.0 Å². The van der Waals surface area contributed by atoms with Crippen LogP contribution in [0.5, 0.6) is 0 Å². The van der Waals surface area contributed by atoms with Gasteiger partial charge in [0, 0.05) is 5.57 Å². The highest BCUT2D eigenvalue weighted by Gasteiger charge is 2.18. The second kappa shape index (κ2) is 9.40. The molecular weight excluding hydrogens is 198 g/mol. The van der Waals surface area contributed by atoms with Gasteiger partial charge < -0.3 is 15.9 Å². The molecule has 0 aromatic carbocycles. The zero-order valence-electron chi connectivity index (χ0n) is 9.17. The molecule has 0 rings (SSSR count). The molecule has 88 valence electrons. The fraction of sp³-hybridized carbons (Fsp3) is 0.700. The summed E-state index contributed by atoms with van der Waals surface area (Å²) in [6.07, 6.45) is 3.07. The van der Waals surface area contributed by atoms with Crippen molar-refractivity contribution in [3.05, 3.63) is 5.57 Å². The van der Waals surface area contributed by atoms with E-state index < -0.39 is 12.0 Å². The molecule has 0 amide bonds. The fourth-order valence-electron chi connectivity index (χ4n) is 1.11. The third kappa shape index (κ3) is 6.85. The molecule has 0 heterocycles. The first kappa shape index (κ1) is 16.3. The smallest absolute Gasteiger partial charge is 0.325 e. The van der Waals surface area contributed by atoms with Gasteiger partial charge in [0.15, 0.2) is 0 Å². The fourth-order valence-corrected chi connectivity index (χ4v) is 1.11. The average molecular weight is 217 g/mol. The number of carbonyl (C=O) groups excluding carboxylic acids is 1. The Balaban J connectivity index is 0. The van der Waals surface area contributed by atoms with Gasteiger partial charge in [-0.05, 0) is 19.9 Å². The van der Waals surface area contributed by atoms with Crippen LogP contribution in [0.25, 0.3) is 0 Å². The molecule has 1 unspecified atom stereocenters. The zero-order valence-corrected chi connectivity index (χ0v) is 9.17. The van der Waals surface area contributed by atoms with E-state index in [9.17, 15) is 9.59 Å². The molecule has 0 aromatic rings. The van der Waals surface area contributed by atoms with Crippen LogP contribution in [0.15, 0.2) is 5.57 Å². The lowest BCUT2D eigenvalue weighted by Crippen LogP contribution is -2.38. The van der Waals surface area contributed by atoms with Crippen molar-refractivity contribution in [2.24, 2.45) is 0 Å². The predicted molar refractivity (Wildman–Crippen MR) is 57.4 cm³/mol. The Labute approximate surface area is 89.5 Å². The van der Waals surface area contributed by atoms with E-state index in [1.807, 2.05) is 0 Å². The van der Waals surface area contributed by atoms with Gasteiger partial charge in [0.05, 0.1) is 0 Å². The van der Waals surface area contributed by atoms with E-state index in [1.165, 1.54) is 6.92 Å². The van der Waals surface area contributed by atoms with Crippen LogP contribution in [0.1, 0.15) is 33.1 Å². The van der Waals surface area contributed by atoms with Crippen LogP contribution < -0.4 is 5.32 Å². The SMILES string of the molecule is CCCCCNC(C(=O)O)C(C)=C=O.O. The van der Waals surface area contributed by atoms with Gasteiger partial charge >= 0.3 is 5.97 Å². The van der Waals surface area contributed by atoms with Gasteiger partial charge in [0.25, 0.3) is 0 Å². The quantitative estimate of drug-likeness (QED) is 0.469. The highest BCUT2D eigenvalue weighted by Crippen LogP contribution is 1.99. The minimum absolute atomic E-state index is 0. The molecule has 5 nitrogen and oxygen atoms in total. The number of unbranched alkanes of at least 4 members (excludes halogenated alkanes) is 2. The van der Waals surface area contributed by atoms with Crippen molar-refractivity contribution in [1.29, 1.82) is 0 Å². The molecule has 0 fully saturated rings. The summed E-state index contributed by atoms with van der Waals surface area (Å²) in [6, 6.07) is -0.885. The number of rotatable bonds is 7. The predicted octanol–water partition coefficient (Wildman–Crippen LogP) is 0.173. The highest BCUT2D eigenvalue weighted by molar-refractivity contribution is 5.80. The molecule has 0 saturated carbocycles. The maximum Gasteiger partial charge on any atom is 0.325 e. The first-order chi connectivity index (χ1) is 6.63. The number of nitrogens with one attached hydrogen (secondary N) is 1. The Bertz CT molecular complexity index is 234. The van der Waals surface area contributed by atoms with Crippen LogP contribution in [-0.4, -0.2) is 35.1 Å². The number of hydrogen-bond donors (Lipinski definition) is 2. The van der Waals surface area contributed by atoms with Crippen molar-refractivity contribution in [2.45, 2.75) is 39.2 Å². The maximum atomic E-state index is 10.7. The standard InChI is InChI=1S/C10H17NO3.H2O/c1-3-4-5-6-11-9(10(13)14)8(2)7-12;/h9,11H,3-6H2,1-2H3,(H,13,14);1H2. The molecule has 0 saturated heterocycles. The normalized spacial score (nSPS) is 11.1. The average Bonchev–Trinajstić information content (AvgIpc) is 2.16. The van der Waals surface area contributed by atoms with Crippen molar-refractivity contribution >= 4 is 11.9 Å². The highest BCUT2D eigenvalue weighted by atomic mass is 16.4. The van der Waals surface area contributed by atoms with Crippen LogP contribution in [-0.2, 0) is 9.59 Å². The molecule has 0 bridgehead atoms. The van der Waals surface area contributed by atoms with E-state index in [4.69, 9.17) is 5.11 Å². The third-order valence-electron chi connectivity index (χ3n) is 1.97. The summed E-state index contributed by atoms with van der Waals surface area (Å²) in [4.78, 5) is 21.0. The molecule has 0 aromatic heterocycles. The van der Waals surface area contributed by atoms with Gasteiger partial charge in [-0.15, -0.1) is 0 Å². The molecular formula is C10H19NO4. The van der Waals surface area contributed by atoms with E-state index in [1.54, 1.807) is 5.94 Å². The second-order valence-corrected chi connectivity index (χ2v) is 3.22. The number of hydrogen-bond acceptors (Lipinski definition) is 3. The van der Waals surface area contributed by atoms with Gasteiger partial charge in [0.2, 0.25) is 0 Å². The maximum absolute atomic E-state index is 10.7. The summed E-state index contributed by atoms with van der Waals surface area (Å²) in [7, 11) is 0. The molecule has 0 radical (unpaired) electrons. The number of aliphatic carboxylic acids is 1. The van der Waals surface area contributed by atoms with Crippen LogP contribution in [0.3, 0.4) is 0 Å². The molecule has 5 heteroatoms. The Morgan fingerprint density at radius 3 is 2.47 bits per heavy atom. The van der Waals surface area contributed by atoms with Crippen LogP contribution in [0, 0.1) is 0 Å². The Morgan fingerprint density at radius 1 is 1.47 bits per heavy atom. The summed E-state index contributed by atoms with van der Waals surface area (Å²) in [5.74, 6) is 0.585. The van der Waals surface area contributed by atoms with E-state index in [0.29, 0.717) is 6.54 Å². The van der Waals surface area contributed by atoms with Crippen molar-refractivity contribution in [1.82, 2.24) is 5.32 Å². The number of carbonyl (C=O) groups is 1. The Morgan fingerprint density at radius 2 is 2.07 bits per heavy atom. The van der Waals surface area contributed by atoms with Crippen LogP contribution in [0.2, 0.25) is 0 Å².